The molecule has 16 heteroatoms. The Kier molecular flexibility index (Phi) is 9.48. The number of benzene rings is 2. The number of hydrogen-bond donors (Lipinski definition) is 2. The van der Waals surface area contributed by atoms with Crippen LogP contribution in [0.15, 0.2) is 39.6 Å². The van der Waals surface area contributed by atoms with Gasteiger partial charge in [0, 0.05) is 19.8 Å². The molecule has 0 saturated heterocycles. The van der Waals surface area contributed by atoms with Crippen molar-refractivity contribution >= 4 is 87.9 Å². The zero-order valence-electron chi connectivity index (χ0n) is 18.1. The highest BCUT2D eigenvalue weighted by Crippen LogP contribution is 2.50. The molecular weight excluding hydrogens is 648 g/mol. The van der Waals surface area contributed by atoms with Crippen LogP contribution in [0, 0.1) is 5.92 Å². The monoisotopic (exact) mass is 658 g/mol. The van der Waals surface area contributed by atoms with Crippen LogP contribution in [-0.2, 0) is 16.0 Å². The van der Waals surface area contributed by atoms with Crippen LogP contribution in [0.1, 0.15) is 11.1 Å². The predicted molar refractivity (Wildman–Crippen MR) is 135 cm³/mol. The maximum Gasteiger partial charge on any atom is 0.405 e. The lowest BCUT2D eigenvalue weighted by molar-refractivity contribution is -0.160. The van der Waals surface area contributed by atoms with Crippen LogP contribution in [-0.4, -0.2) is 45.0 Å². The Bertz CT molecular complexity index is 1320. The second-order valence-electron chi connectivity index (χ2n) is 7.86. The molecule has 0 fully saturated rings. The van der Waals surface area contributed by atoms with Gasteiger partial charge in [0.15, 0.2) is 0 Å². The molecule has 2 heterocycles. The molecule has 0 saturated carbocycles. The minimum Gasteiger partial charge on any atom is -0.481 e. The van der Waals surface area contributed by atoms with E-state index in [1.165, 1.54) is 24.3 Å². The Morgan fingerprint density at radius 2 is 1.37 bits per heavy atom. The van der Waals surface area contributed by atoms with Crippen LogP contribution in [0.3, 0.4) is 0 Å². The van der Waals surface area contributed by atoms with Crippen molar-refractivity contribution in [2.45, 2.75) is 39.1 Å². The smallest absolute Gasteiger partial charge is 0.405 e. The Morgan fingerprint density at radius 3 is 1.87 bits per heavy atom. The van der Waals surface area contributed by atoms with E-state index in [1.807, 2.05) is 0 Å². The van der Waals surface area contributed by atoms with Crippen LogP contribution < -0.4 is 0 Å². The number of carboxylic acids is 2. The van der Waals surface area contributed by atoms with E-state index in [9.17, 15) is 35.9 Å². The van der Waals surface area contributed by atoms with Gasteiger partial charge < -0.3 is 10.2 Å². The largest absolute Gasteiger partial charge is 0.481 e. The van der Waals surface area contributed by atoms with Gasteiger partial charge in [0.05, 0.1) is 21.5 Å². The summed E-state index contributed by atoms with van der Waals surface area (Å²) in [6.45, 7) is 0. The average molecular weight is 660 g/mol. The van der Waals surface area contributed by atoms with Crippen molar-refractivity contribution in [3.05, 3.63) is 61.1 Å². The third-order valence-corrected chi connectivity index (χ3v) is 9.46. The van der Waals surface area contributed by atoms with Crippen molar-refractivity contribution in [3.8, 4) is 0 Å². The molecule has 2 aromatic rings. The first-order chi connectivity index (χ1) is 17.4. The zero-order valence-corrected chi connectivity index (χ0v) is 22.8. The van der Waals surface area contributed by atoms with E-state index in [1.54, 1.807) is 0 Å². The first-order valence-corrected chi connectivity index (χ1v) is 13.3. The lowest BCUT2D eigenvalue weighted by atomic mass is 9.94. The molecule has 206 valence electrons. The van der Waals surface area contributed by atoms with Crippen LogP contribution >= 0.6 is 69.9 Å². The van der Waals surface area contributed by atoms with Gasteiger partial charge in [-0.1, -0.05) is 46.4 Å². The molecule has 3 atom stereocenters. The Morgan fingerprint density at radius 1 is 0.816 bits per heavy atom. The molecule has 2 aliphatic heterocycles. The predicted octanol–water partition coefficient (Wildman–Crippen LogP) is 8.77. The summed E-state index contributed by atoms with van der Waals surface area (Å²) in [7, 11) is 0. The highest BCUT2D eigenvalue weighted by atomic mass is 35.5. The lowest BCUT2D eigenvalue weighted by Crippen LogP contribution is -2.41. The summed E-state index contributed by atoms with van der Waals surface area (Å²) < 4.78 is 77.3. The summed E-state index contributed by atoms with van der Waals surface area (Å²) in [4.78, 5) is 22.4. The third-order valence-electron chi connectivity index (χ3n) is 5.19. The summed E-state index contributed by atoms with van der Waals surface area (Å²) in [5.41, 5.74) is -0.0147. The molecule has 1 unspecified atom stereocenters. The van der Waals surface area contributed by atoms with Gasteiger partial charge in [-0.05, 0) is 47.9 Å². The summed E-state index contributed by atoms with van der Waals surface area (Å²) >= 11 is 24.0. The van der Waals surface area contributed by atoms with E-state index in [-0.39, 0.29) is 41.9 Å². The van der Waals surface area contributed by atoms with Crippen molar-refractivity contribution in [3.63, 3.8) is 0 Å². The van der Waals surface area contributed by atoms with Gasteiger partial charge in [-0.3, -0.25) is 4.79 Å². The minimum atomic E-state index is -4.67. The molecule has 38 heavy (non-hydrogen) atoms. The molecule has 2 N–H and O–H groups in total. The van der Waals surface area contributed by atoms with Crippen LogP contribution in [0.4, 0.5) is 26.3 Å². The second kappa shape index (κ2) is 11.6. The van der Waals surface area contributed by atoms with E-state index < -0.39 is 46.3 Å². The number of rotatable bonds is 2. The summed E-state index contributed by atoms with van der Waals surface area (Å²) in [6, 6.07) is 5.51. The van der Waals surface area contributed by atoms with Crippen molar-refractivity contribution in [2.75, 3.05) is 0 Å². The van der Waals surface area contributed by atoms with Crippen molar-refractivity contribution in [2.24, 2.45) is 5.92 Å². The Hall–Kier alpha value is -1.44. The van der Waals surface area contributed by atoms with Gasteiger partial charge in [-0.2, -0.15) is 26.3 Å². The minimum absolute atomic E-state index is 0.0717. The molecule has 4 nitrogen and oxygen atoms in total. The maximum absolute atomic E-state index is 12.9. The van der Waals surface area contributed by atoms with Gasteiger partial charge in [0.25, 0.3) is 0 Å². The van der Waals surface area contributed by atoms with Crippen molar-refractivity contribution in [1.29, 1.82) is 0 Å². The number of hydrogen-bond acceptors (Lipinski definition) is 4. The molecular formula is C22H12Cl4F6O4S2. The maximum atomic E-state index is 12.9. The standard InChI is InChI=1S/C11H7Cl2F3O2S.C11H5Cl2F3O2S/c2*12-5-1-4-2-6(10(17)18)9(11(14,15)16)19-8(4)7(13)3-5/h1,3,6,9H,2H2,(H,17,18);1-3,9H,(H,17,18)/t6-,9-;/m1./s1. The van der Waals surface area contributed by atoms with Gasteiger partial charge >= 0.3 is 24.3 Å². The summed E-state index contributed by atoms with van der Waals surface area (Å²) in [5, 5.41) is 14.4. The van der Waals surface area contributed by atoms with E-state index in [2.05, 4.69) is 0 Å². The molecule has 0 aliphatic carbocycles. The Labute approximate surface area is 239 Å². The fourth-order valence-electron chi connectivity index (χ4n) is 3.62. The third kappa shape index (κ3) is 7.00. The number of thioether (sulfide) groups is 2. The van der Waals surface area contributed by atoms with E-state index in [0.717, 1.165) is 6.08 Å². The highest BCUT2D eigenvalue weighted by Gasteiger charge is 2.51. The molecule has 2 aliphatic rings. The summed E-state index contributed by atoms with van der Waals surface area (Å²) in [6.07, 6.45) is -8.55. The van der Waals surface area contributed by atoms with Crippen LogP contribution in [0.25, 0.3) is 6.08 Å². The van der Waals surface area contributed by atoms with Crippen molar-refractivity contribution in [1.82, 2.24) is 0 Å². The number of alkyl halides is 6. The summed E-state index contributed by atoms with van der Waals surface area (Å²) in [5.74, 6) is -4.62. The van der Waals surface area contributed by atoms with Gasteiger partial charge in [0.2, 0.25) is 0 Å². The lowest BCUT2D eigenvalue weighted by Gasteiger charge is -2.31. The molecule has 0 amide bonds. The molecule has 4 rings (SSSR count). The van der Waals surface area contributed by atoms with Gasteiger partial charge in [-0.25, -0.2) is 4.79 Å². The Balaban J connectivity index is 0.000000211. The quantitative estimate of drug-likeness (QED) is 0.314. The first kappa shape index (κ1) is 31.1. The average Bonchev–Trinajstić information content (AvgIpc) is 2.76. The molecule has 0 spiro atoms. The van der Waals surface area contributed by atoms with E-state index >= 15 is 0 Å². The number of carboxylic acid groups (broad SMARTS) is 2. The SMILES string of the molecule is O=C(O)C1=Cc2cc(Cl)cc(Cl)c2SC1C(F)(F)F.O=C(O)[C@@H]1Cc2cc(Cl)cc(Cl)c2S[C@H]1C(F)(F)F. The topological polar surface area (TPSA) is 74.6 Å². The molecule has 0 bridgehead atoms. The van der Waals surface area contributed by atoms with Crippen LogP contribution in [0.2, 0.25) is 20.1 Å². The second-order valence-corrected chi connectivity index (χ2v) is 11.8. The van der Waals surface area contributed by atoms with Crippen LogP contribution in [0.5, 0.6) is 0 Å². The molecule has 2 aromatic carbocycles. The fourth-order valence-corrected chi connectivity index (χ4v) is 7.25. The van der Waals surface area contributed by atoms with Gasteiger partial charge in [0.1, 0.15) is 10.5 Å². The zero-order chi connectivity index (χ0) is 28.7. The van der Waals surface area contributed by atoms with E-state index in [0.29, 0.717) is 29.1 Å². The normalized spacial score (nSPS) is 20.9. The van der Waals surface area contributed by atoms with Crippen molar-refractivity contribution < 1.29 is 46.1 Å². The number of carbonyl (C=O) groups is 2. The molecule has 0 aromatic heterocycles. The molecule has 0 radical (unpaired) electrons. The highest BCUT2D eigenvalue weighted by molar-refractivity contribution is 8.00. The van der Waals surface area contributed by atoms with Gasteiger partial charge in [-0.15, -0.1) is 23.5 Å². The number of halogens is 10. The first-order valence-electron chi connectivity index (χ1n) is 10.0. The number of aliphatic carboxylic acids is 2. The number of fused-ring (bicyclic) bond motifs is 2. The van der Waals surface area contributed by atoms with E-state index in [4.69, 9.17) is 56.6 Å². The fraction of sp³-hybridized carbons (Fsp3) is 0.273.